The average molecular weight is 268 g/mol. The van der Waals surface area contributed by atoms with E-state index in [9.17, 15) is 0 Å². The summed E-state index contributed by atoms with van der Waals surface area (Å²) in [6, 6.07) is 2.18. The molecule has 0 aromatic rings. The SMILES string of the molecule is CCC1CCC(N(C)C(C)CNC(CC)CC)CC1. The van der Waals surface area contributed by atoms with Crippen LogP contribution in [0, 0.1) is 5.92 Å². The molecule has 1 aliphatic carbocycles. The van der Waals surface area contributed by atoms with Crippen molar-refractivity contribution in [3.05, 3.63) is 0 Å². The third kappa shape index (κ3) is 5.43. The summed E-state index contributed by atoms with van der Waals surface area (Å²) in [5.74, 6) is 1.00. The fourth-order valence-corrected chi connectivity index (χ4v) is 3.38. The predicted molar refractivity (Wildman–Crippen MR) is 85.6 cm³/mol. The van der Waals surface area contributed by atoms with Gasteiger partial charge in [-0.15, -0.1) is 0 Å². The van der Waals surface area contributed by atoms with Crippen molar-refractivity contribution < 1.29 is 0 Å². The summed E-state index contributed by atoms with van der Waals surface area (Å²) in [6.07, 6.45) is 9.57. The summed E-state index contributed by atoms with van der Waals surface area (Å²) in [5, 5.41) is 3.72. The lowest BCUT2D eigenvalue weighted by Crippen LogP contribution is -2.46. The third-order valence-corrected chi connectivity index (χ3v) is 5.35. The van der Waals surface area contributed by atoms with E-state index in [-0.39, 0.29) is 0 Å². The van der Waals surface area contributed by atoms with Crippen LogP contribution >= 0.6 is 0 Å². The second-order valence-electron chi connectivity index (χ2n) is 6.52. The van der Waals surface area contributed by atoms with Crippen LogP contribution in [-0.2, 0) is 0 Å². The van der Waals surface area contributed by atoms with Crippen LogP contribution in [0.3, 0.4) is 0 Å². The molecule has 1 fully saturated rings. The molecule has 0 aromatic heterocycles. The topological polar surface area (TPSA) is 15.3 Å². The molecule has 1 N–H and O–H groups in total. The van der Waals surface area contributed by atoms with Gasteiger partial charge in [0.25, 0.3) is 0 Å². The number of rotatable bonds is 8. The molecular weight excluding hydrogens is 232 g/mol. The molecule has 0 radical (unpaired) electrons. The van der Waals surface area contributed by atoms with Gasteiger partial charge in [-0.1, -0.05) is 27.2 Å². The Bertz CT molecular complexity index is 217. The van der Waals surface area contributed by atoms with Crippen LogP contribution in [0.25, 0.3) is 0 Å². The minimum absolute atomic E-state index is 0.656. The fraction of sp³-hybridized carbons (Fsp3) is 1.00. The second kappa shape index (κ2) is 8.97. The molecule has 2 heteroatoms. The Morgan fingerprint density at radius 2 is 1.63 bits per heavy atom. The van der Waals surface area contributed by atoms with Gasteiger partial charge in [-0.05, 0) is 58.4 Å². The highest BCUT2D eigenvalue weighted by molar-refractivity contribution is 4.81. The van der Waals surface area contributed by atoms with Crippen molar-refractivity contribution in [2.45, 2.75) is 90.8 Å². The largest absolute Gasteiger partial charge is 0.312 e. The van der Waals surface area contributed by atoms with E-state index in [4.69, 9.17) is 0 Å². The van der Waals surface area contributed by atoms with Gasteiger partial charge < -0.3 is 5.32 Å². The van der Waals surface area contributed by atoms with Crippen molar-refractivity contribution in [1.29, 1.82) is 0 Å². The maximum Gasteiger partial charge on any atom is 0.0192 e. The average Bonchev–Trinajstić information content (AvgIpc) is 2.47. The molecule has 1 aliphatic rings. The Morgan fingerprint density at radius 1 is 1.05 bits per heavy atom. The number of nitrogens with one attached hydrogen (secondary N) is 1. The smallest absolute Gasteiger partial charge is 0.0192 e. The maximum atomic E-state index is 3.72. The van der Waals surface area contributed by atoms with E-state index in [1.54, 1.807) is 0 Å². The number of hydrogen-bond acceptors (Lipinski definition) is 2. The molecule has 114 valence electrons. The molecule has 0 aromatic carbocycles. The van der Waals surface area contributed by atoms with Crippen LogP contribution in [0.2, 0.25) is 0 Å². The summed E-state index contributed by atoms with van der Waals surface area (Å²) < 4.78 is 0. The quantitative estimate of drug-likeness (QED) is 0.714. The Kier molecular flexibility index (Phi) is 8.01. The predicted octanol–water partition coefficient (Wildman–Crippen LogP) is 4.05. The molecule has 1 unspecified atom stereocenters. The van der Waals surface area contributed by atoms with Gasteiger partial charge in [-0.25, -0.2) is 0 Å². The van der Waals surface area contributed by atoms with Gasteiger partial charge in [0.1, 0.15) is 0 Å². The third-order valence-electron chi connectivity index (χ3n) is 5.35. The van der Waals surface area contributed by atoms with Crippen LogP contribution in [0.5, 0.6) is 0 Å². The summed E-state index contributed by atoms with van der Waals surface area (Å²) in [5.41, 5.74) is 0. The summed E-state index contributed by atoms with van der Waals surface area (Å²) in [6.45, 7) is 10.4. The van der Waals surface area contributed by atoms with Crippen molar-refractivity contribution in [2.24, 2.45) is 5.92 Å². The van der Waals surface area contributed by atoms with E-state index in [1.165, 1.54) is 44.9 Å². The molecule has 1 saturated carbocycles. The first-order chi connectivity index (χ1) is 9.12. The molecule has 0 spiro atoms. The highest BCUT2D eigenvalue weighted by Crippen LogP contribution is 2.29. The van der Waals surface area contributed by atoms with Crippen LogP contribution in [-0.4, -0.2) is 36.6 Å². The summed E-state index contributed by atoms with van der Waals surface area (Å²) >= 11 is 0. The number of hydrogen-bond donors (Lipinski definition) is 1. The van der Waals surface area contributed by atoms with Crippen molar-refractivity contribution in [3.8, 4) is 0 Å². The van der Waals surface area contributed by atoms with Gasteiger partial charge in [-0.3, -0.25) is 4.90 Å². The van der Waals surface area contributed by atoms with E-state index in [0.29, 0.717) is 12.1 Å². The van der Waals surface area contributed by atoms with Crippen LogP contribution < -0.4 is 5.32 Å². The van der Waals surface area contributed by atoms with E-state index >= 15 is 0 Å². The molecule has 1 atom stereocenters. The van der Waals surface area contributed by atoms with Gasteiger partial charge in [0.05, 0.1) is 0 Å². The highest BCUT2D eigenvalue weighted by Gasteiger charge is 2.25. The molecule has 0 bridgehead atoms. The monoisotopic (exact) mass is 268 g/mol. The van der Waals surface area contributed by atoms with Gasteiger partial charge in [-0.2, -0.15) is 0 Å². The number of likely N-dealkylation sites (N-methyl/N-ethyl adjacent to an activating group) is 1. The van der Waals surface area contributed by atoms with Gasteiger partial charge in [0.2, 0.25) is 0 Å². The molecule has 19 heavy (non-hydrogen) atoms. The second-order valence-corrected chi connectivity index (χ2v) is 6.52. The van der Waals surface area contributed by atoms with Crippen molar-refractivity contribution in [3.63, 3.8) is 0 Å². The Labute approximate surface area is 121 Å². The minimum Gasteiger partial charge on any atom is -0.312 e. The fourth-order valence-electron chi connectivity index (χ4n) is 3.38. The normalized spacial score (nSPS) is 26.1. The standard InChI is InChI=1S/C17H36N2/c1-6-15-9-11-17(12-10-15)19(5)14(4)13-18-16(7-2)8-3/h14-18H,6-13H2,1-5H3. The van der Waals surface area contributed by atoms with E-state index in [2.05, 4.69) is 45.0 Å². The maximum absolute atomic E-state index is 3.72. The lowest BCUT2D eigenvalue weighted by molar-refractivity contribution is 0.123. The van der Waals surface area contributed by atoms with Gasteiger partial charge in [0.15, 0.2) is 0 Å². The zero-order valence-electron chi connectivity index (χ0n) is 13.9. The van der Waals surface area contributed by atoms with Crippen molar-refractivity contribution in [2.75, 3.05) is 13.6 Å². The molecule has 0 heterocycles. The lowest BCUT2D eigenvalue weighted by atomic mass is 9.84. The minimum atomic E-state index is 0.656. The molecule has 0 saturated heterocycles. The number of nitrogens with zero attached hydrogens (tertiary/aromatic N) is 1. The molecule has 1 rings (SSSR count). The molecule has 2 nitrogen and oxygen atoms in total. The first kappa shape index (κ1) is 17.0. The highest BCUT2D eigenvalue weighted by atomic mass is 15.2. The van der Waals surface area contributed by atoms with Crippen molar-refractivity contribution >= 4 is 0 Å². The van der Waals surface area contributed by atoms with E-state index < -0.39 is 0 Å². The Hall–Kier alpha value is -0.0800. The van der Waals surface area contributed by atoms with Gasteiger partial charge >= 0.3 is 0 Å². The van der Waals surface area contributed by atoms with Gasteiger partial charge in [0, 0.05) is 24.7 Å². The zero-order valence-corrected chi connectivity index (χ0v) is 13.9. The first-order valence-corrected chi connectivity index (χ1v) is 8.57. The molecule has 0 amide bonds. The lowest BCUT2D eigenvalue weighted by Gasteiger charge is -2.38. The Morgan fingerprint density at radius 3 is 2.11 bits per heavy atom. The molecule has 0 aliphatic heterocycles. The Balaban J connectivity index is 2.30. The van der Waals surface area contributed by atoms with E-state index in [1.807, 2.05) is 0 Å². The van der Waals surface area contributed by atoms with Crippen LogP contribution in [0.4, 0.5) is 0 Å². The summed E-state index contributed by atoms with van der Waals surface area (Å²) in [7, 11) is 2.33. The first-order valence-electron chi connectivity index (χ1n) is 8.57. The van der Waals surface area contributed by atoms with Crippen LogP contribution in [0.1, 0.15) is 72.6 Å². The molecular formula is C17H36N2. The van der Waals surface area contributed by atoms with E-state index in [0.717, 1.165) is 18.5 Å². The van der Waals surface area contributed by atoms with Crippen molar-refractivity contribution in [1.82, 2.24) is 10.2 Å². The summed E-state index contributed by atoms with van der Waals surface area (Å²) in [4.78, 5) is 2.63. The zero-order chi connectivity index (χ0) is 14.3. The van der Waals surface area contributed by atoms with Crippen LogP contribution in [0.15, 0.2) is 0 Å².